The number of nitrogens with zero attached hydrogens (tertiary/aromatic N) is 5. The third kappa shape index (κ3) is 4.13. The number of fused-ring (bicyclic) bond motifs is 1. The lowest BCUT2D eigenvalue weighted by molar-refractivity contribution is 0.402. The smallest absolute Gasteiger partial charge is 0.224 e. The molecule has 0 aliphatic rings. The van der Waals surface area contributed by atoms with E-state index in [1.807, 2.05) is 12.1 Å². The fourth-order valence-corrected chi connectivity index (χ4v) is 3.35. The second-order valence-corrected chi connectivity index (χ2v) is 7.52. The van der Waals surface area contributed by atoms with E-state index in [4.69, 9.17) is 17.2 Å². The maximum Gasteiger partial charge on any atom is 0.224 e. The summed E-state index contributed by atoms with van der Waals surface area (Å²) in [5.74, 6) is 0.491. The highest BCUT2D eigenvalue weighted by Gasteiger charge is 2.13. The number of anilines is 3. The molecule has 0 saturated heterocycles. The highest BCUT2D eigenvalue weighted by molar-refractivity contribution is 5.87. The van der Waals surface area contributed by atoms with Crippen LogP contribution in [0.25, 0.3) is 22.4 Å². The molecule has 0 spiro atoms. The summed E-state index contributed by atoms with van der Waals surface area (Å²) < 4.78 is 0. The van der Waals surface area contributed by atoms with Crippen LogP contribution < -0.4 is 17.2 Å². The molecule has 0 aliphatic carbocycles. The second kappa shape index (κ2) is 7.92. The summed E-state index contributed by atoms with van der Waals surface area (Å²) in [5, 5.41) is 0. The fraction of sp³-hybridized carbons (Fsp3) is 0.182. The lowest BCUT2D eigenvalue weighted by Crippen LogP contribution is -2.10. The van der Waals surface area contributed by atoms with Crippen molar-refractivity contribution < 1.29 is 0 Å². The quantitative estimate of drug-likeness (QED) is 0.465. The zero-order valence-electron chi connectivity index (χ0n) is 17.0. The van der Waals surface area contributed by atoms with Crippen molar-refractivity contribution in [3.8, 4) is 11.3 Å². The Bertz CT molecular complexity index is 1180. The molecule has 0 radical (unpaired) electrons. The summed E-state index contributed by atoms with van der Waals surface area (Å²) in [6.07, 6.45) is 0.849. The van der Waals surface area contributed by atoms with Gasteiger partial charge in [-0.15, -0.1) is 0 Å². The summed E-state index contributed by atoms with van der Waals surface area (Å²) in [4.78, 5) is 19.0. The zero-order valence-corrected chi connectivity index (χ0v) is 17.0. The van der Waals surface area contributed by atoms with Gasteiger partial charge in [0.2, 0.25) is 5.95 Å². The molecule has 4 aromatic rings. The van der Waals surface area contributed by atoms with E-state index in [2.05, 4.69) is 75.3 Å². The van der Waals surface area contributed by atoms with E-state index in [9.17, 15) is 0 Å². The van der Waals surface area contributed by atoms with Gasteiger partial charge in [-0.25, -0.2) is 9.97 Å². The first-order valence-corrected chi connectivity index (χ1v) is 9.57. The molecule has 8 heteroatoms. The molecule has 0 fully saturated rings. The molecule has 2 aromatic heterocycles. The second-order valence-electron chi connectivity index (χ2n) is 7.52. The summed E-state index contributed by atoms with van der Waals surface area (Å²) in [7, 11) is 4.14. The molecule has 2 aromatic carbocycles. The Morgan fingerprint density at radius 2 is 1.30 bits per heavy atom. The van der Waals surface area contributed by atoms with E-state index in [1.165, 1.54) is 16.7 Å². The van der Waals surface area contributed by atoms with E-state index in [1.54, 1.807) is 0 Å². The maximum absolute atomic E-state index is 6.11. The van der Waals surface area contributed by atoms with Crippen LogP contribution in [0.4, 0.5) is 17.6 Å². The molecule has 0 saturated carbocycles. The van der Waals surface area contributed by atoms with Gasteiger partial charge in [0.15, 0.2) is 22.8 Å². The van der Waals surface area contributed by atoms with Crippen molar-refractivity contribution in [2.75, 3.05) is 31.3 Å². The maximum atomic E-state index is 6.11. The minimum atomic E-state index is 0.0422. The summed E-state index contributed by atoms with van der Waals surface area (Å²) in [6.45, 7) is 0.936. The van der Waals surface area contributed by atoms with Crippen molar-refractivity contribution in [3.63, 3.8) is 0 Å². The van der Waals surface area contributed by atoms with Crippen LogP contribution in [0.15, 0.2) is 48.5 Å². The number of benzene rings is 2. The Hall–Kier alpha value is -3.78. The number of rotatable bonds is 5. The highest BCUT2D eigenvalue weighted by atomic mass is 15.1. The van der Waals surface area contributed by atoms with Crippen LogP contribution in [0, 0.1) is 0 Å². The van der Waals surface area contributed by atoms with Crippen LogP contribution >= 0.6 is 0 Å². The number of hydrogen-bond acceptors (Lipinski definition) is 8. The SMILES string of the molecule is CN(C)Cc1ccc(Cc2ccc(-c3nc4c(N)nc(N)nc4nc3N)cc2)cc1. The minimum Gasteiger partial charge on any atom is -0.382 e. The number of nitrogen functional groups attached to an aromatic ring is 3. The van der Waals surface area contributed by atoms with Crippen molar-refractivity contribution in [1.29, 1.82) is 0 Å². The predicted molar refractivity (Wildman–Crippen MR) is 120 cm³/mol. The first-order chi connectivity index (χ1) is 14.4. The van der Waals surface area contributed by atoms with Crippen LogP contribution in [0.5, 0.6) is 0 Å². The molecule has 4 rings (SSSR count). The molecule has 0 bridgehead atoms. The molecule has 0 aliphatic heterocycles. The summed E-state index contributed by atoms with van der Waals surface area (Å²) >= 11 is 0. The highest BCUT2D eigenvalue weighted by Crippen LogP contribution is 2.27. The van der Waals surface area contributed by atoms with Gasteiger partial charge in [0.25, 0.3) is 0 Å². The minimum absolute atomic E-state index is 0.0422. The van der Waals surface area contributed by atoms with Crippen LogP contribution in [0.1, 0.15) is 16.7 Å². The van der Waals surface area contributed by atoms with Crippen molar-refractivity contribution in [1.82, 2.24) is 24.8 Å². The molecule has 2 heterocycles. The number of nitrogens with two attached hydrogens (primary N) is 3. The van der Waals surface area contributed by atoms with E-state index in [0.29, 0.717) is 11.2 Å². The van der Waals surface area contributed by atoms with Crippen molar-refractivity contribution in [3.05, 3.63) is 65.2 Å². The molecule has 8 nitrogen and oxygen atoms in total. The molecule has 152 valence electrons. The topological polar surface area (TPSA) is 133 Å². The zero-order chi connectivity index (χ0) is 21.3. The summed E-state index contributed by atoms with van der Waals surface area (Å²) in [5.41, 5.74) is 23.5. The molecular formula is C22H24N8. The molecular weight excluding hydrogens is 376 g/mol. The van der Waals surface area contributed by atoms with Crippen LogP contribution in [0.2, 0.25) is 0 Å². The van der Waals surface area contributed by atoms with Crippen molar-refractivity contribution in [2.24, 2.45) is 0 Å². The van der Waals surface area contributed by atoms with Crippen molar-refractivity contribution in [2.45, 2.75) is 13.0 Å². The number of hydrogen-bond donors (Lipinski definition) is 3. The van der Waals surface area contributed by atoms with Crippen molar-refractivity contribution >= 4 is 28.7 Å². The summed E-state index contributed by atoms with van der Waals surface area (Å²) in [6, 6.07) is 16.8. The Kier molecular flexibility index (Phi) is 5.16. The molecule has 0 atom stereocenters. The molecule has 6 N–H and O–H groups in total. The average Bonchev–Trinajstić information content (AvgIpc) is 2.69. The van der Waals surface area contributed by atoms with E-state index in [-0.39, 0.29) is 23.2 Å². The molecule has 0 unspecified atom stereocenters. The van der Waals surface area contributed by atoms with Gasteiger partial charge in [-0.1, -0.05) is 48.5 Å². The molecule has 0 amide bonds. The standard InChI is InChI=1S/C22H24N8/c1-30(2)12-15-5-3-13(4-6-15)11-14-7-9-16(10-8-14)17-19(23)27-21-18(26-17)20(24)28-22(25)29-21/h3-10H,11-12H2,1-2H3,(H6,23,24,25,27,28,29). The largest absolute Gasteiger partial charge is 0.382 e. The normalized spacial score (nSPS) is 11.3. The number of aromatic nitrogens is 4. The predicted octanol–water partition coefficient (Wildman–Crippen LogP) is 2.49. The van der Waals surface area contributed by atoms with Gasteiger partial charge >= 0.3 is 0 Å². The fourth-order valence-electron chi connectivity index (χ4n) is 3.35. The van der Waals surface area contributed by atoms with Crippen LogP contribution in [-0.4, -0.2) is 38.9 Å². The van der Waals surface area contributed by atoms with E-state index in [0.717, 1.165) is 18.5 Å². The lowest BCUT2D eigenvalue weighted by atomic mass is 10.0. The van der Waals surface area contributed by atoms with Crippen LogP contribution in [-0.2, 0) is 13.0 Å². The van der Waals surface area contributed by atoms with E-state index < -0.39 is 0 Å². The van der Waals surface area contributed by atoms with Gasteiger partial charge in [0.1, 0.15) is 5.69 Å². The Balaban J connectivity index is 1.57. The monoisotopic (exact) mass is 400 g/mol. The van der Waals surface area contributed by atoms with Gasteiger partial charge in [-0.2, -0.15) is 9.97 Å². The third-order valence-electron chi connectivity index (χ3n) is 4.76. The lowest BCUT2D eigenvalue weighted by Gasteiger charge is -2.10. The van der Waals surface area contributed by atoms with Gasteiger partial charge in [0.05, 0.1) is 0 Å². The molecule has 30 heavy (non-hydrogen) atoms. The Morgan fingerprint density at radius 3 is 1.93 bits per heavy atom. The Morgan fingerprint density at radius 1 is 0.700 bits per heavy atom. The van der Waals surface area contributed by atoms with Gasteiger partial charge in [0, 0.05) is 12.1 Å². The third-order valence-corrected chi connectivity index (χ3v) is 4.76. The van der Waals surface area contributed by atoms with E-state index >= 15 is 0 Å². The first-order valence-electron chi connectivity index (χ1n) is 9.57. The van der Waals surface area contributed by atoms with Crippen LogP contribution in [0.3, 0.4) is 0 Å². The van der Waals surface area contributed by atoms with Gasteiger partial charge in [-0.05, 0) is 37.2 Å². The average molecular weight is 400 g/mol. The van der Waals surface area contributed by atoms with Gasteiger partial charge in [-0.3, -0.25) is 0 Å². The Labute approximate surface area is 174 Å². The first kappa shape index (κ1) is 19.5. The van der Waals surface area contributed by atoms with Gasteiger partial charge < -0.3 is 22.1 Å².